The van der Waals surface area contributed by atoms with Crippen LogP contribution < -0.4 is 5.32 Å². The molecule has 4 heteroatoms. The Morgan fingerprint density at radius 1 is 1.67 bits per heavy atom. The second kappa shape index (κ2) is 7.06. The molecule has 0 aromatic heterocycles. The maximum Gasteiger partial charge on any atom is 0.216 e. The summed E-state index contributed by atoms with van der Waals surface area (Å²) in [5.41, 5.74) is 0. The molecule has 0 aromatic rings. The van der Waals surface area contributed by atoms with Crippen LogP contribution in [0.15, 0.2) is 0 Å². The van der Waals surface area contributed by atoms with Gasteiger partial charge in [0.15, 0.2) is 6.29 Å². The molecule has 12 heavy (non-hydrogen) atoms. The molecule has 0 aliphatic heterocycles. The van der Waals surface area contributed by atoms with E-state index < -0.39 is 6.29 Å². The summed E-state index contributed by atoms with van der Waals surface area (Å²) in [6.07, 6.45) is 0.609. The Morgan fingerprint density at radius 2 is 2.33 bits per heavy atom. The molecule has 1 amide bonds. The fourth-order valence-electron chi connectivity index (χ4n) is 0.817. The fraction of sp³-hybridized carbons (Fsp3) is 0.875. The molecular weight excluding hydrogens is 158 g/mol. The summed E-state index contributed by atoms with van der Waals surface area (Å²) in [5, 5.41) is 11.7. The van der Waals surface area contributed by atoms with E-state index in [0.717, 1.165) is 6.42 Å². The average molecular weight is 175 g/mol. The molecule has 0 heterocycles. The molecule has 4 nitrogen and oxygen atoms in total. The molecular formula is C8H17NO3. The quantitative estimate of drug-likeness (QED) is 0.449. The van der Waals surface area contributed by atoms with Crippen molar-refractivity contribution in [1.82, 2.24) is 5.32 Å². The van der Waals surface area contributed by atoms with Crippen molar-refractivity contribution in [3.63, 3.8) is 0 Å². The Labute approximate surface area is 72.9 Å². The SMILES string of the molecule is CCOC(O)CCCNC(C)=O. The fourth-order valence-corrected chi connectivity index (χ4v) is 0.817. The van der Waals surface area contributed by atoms with Gasteiger partial charge in [-0.25, -0.2) is 0 Å². The van der Waals surface area contributed by atoms with Gasteiger partial charge in [-0.15, -0.1) is 0 Å². The lowest BCUT2D eigenvalue weighted by Crippen LogP contribution is -2.22. The van der Waals surface area contributed by atoms with Crippen LogP contribution >= 0.6 is 0 Å². The van der Waals surface area contributed by atoms with Crippen LogP contribution in [0.5, 0.6) is 0 Å². The van der Waals surface area contributed by atoms with Crippen LogP contribution in [-0.4, -0.2) is 30.5 Å². The number of hydrogen-bond acceptors (Lipinski definition) is 3. The van der Waals surface area contributed by atoms with Gasteiger partial charge in [-0.2, -0.15) is 0 Å². The van der Waals surface area contributed by atoms with E-state index in [2.05, 4.69) is 5.32 Å². The third-order valence-electron chi connectivity index (χ3n) is 1.36. The number of hydrogen-bond donors (Lipinski definition) is 2. The normalized spacial score (nSPS) is 12.6. The van der Waals surface area contributed by atoms with Crippen LogP contribution in [0, 0.1) is 0 Å². The third-order valence-corrected chi connectivity index (χ3v) is 1.36. The van der Waals surface area contributed by atoms with Crippen molar-refractivity contribution >= 4 is 5.91 Å². The molecule has 72 valence electrons. The topological polar surface area (TPSA) is 58.6 Å². The van der Waals surface area contributed by atoms with Crippen molar-refractivity contribution in [1.29, 1.82) is 0 Å². The average Bonchev–Trinajstić information content (AvgIpc) is 1.98. The molecule has 0 aliphatic carbocycles. The predicted molar refractivity (Wildman–Crippen MR) is 45.6 cm³/mol. The highest BCUT2D eigenvalue weighted by Crippen LogP contribution is 1.96. The summed E-state index contributed by atoms with van der Waals surface area (Å²) in [6.45, 7) is 4.41. The van der Waals surface area contributed by atoms with Gasteiger partial charge in [-0.1, -0.05) is 0 Å². The van der Waals surface area contributed by atoms with Gasteiger partial charge in [0.2, 0.25) is 5.91 Å². The molecule has 0 rings (SSSR count). The number of aliphatic hydroxyl groups is 1. The van der Waals surface area contributed by atoms with Crippen molar-refractivity contribution < 1.29 is 14.6 Å². The lowest BCUT2D eigenvalue weighted by molar-refractivity contribution is -0.119. The van der Waals surface area contributed by atoms with Crippen molar-refractivity contribution in [2.24, 2.45) is 0 Å². The number of aliphatic hydroxyl groups excluding tert-OH is 1. The molecule has 0 radical (unpaired) electrons. The van der Waals surface area contributed by atoms with E-state index in [1.54, 1.807) is 0 Å². The van der Waals surface area contributed by atoms with Gasteiger partial charge >= 0.3 is 0 Å². The Bertz CT molecular complexity index is 127. The zero-order chi connectivity index (χ0) is 9.40. The summed E-state index contributed by atoms with van der Waals surface area (Å²) in [6, 6.07) is 0. The van der Waals surface area contributed by atoms with Crippen LogP contribution in [0.4, 0.5) is 0 Å². The number of carbonyl (C=O) groups is 1. The van der Waals surface area contributed by atoms with E-state index in [9.17, 15) is 4.79 Å². The summed E-state index contributed by atoms with van der Waals surface area (Å²) < 4.78 is 4.89. The first kappa shape index (κ1) is 11.4. The van der Waals surface area contributed by atoms with Crippen molar-refractivity contribution in [2.75, 3.05) is 13.2 Å². The van der Waals surface area contributed by atoms with Gasteiger partial charge in [-0.3, -0.25) is 4.79 Å². The van der Waals surface area contributed by atoms with E-state index in [4.69, 9.17) is 9.84 Å². The first-order valence-electron chi connectivity index (χ1n) is 4.21. The Morgan fingerprint density at radius 3 is 2.83 bits per heavy atom. The van der Waals surface area contributed by atoms with Gasteiger partial charge in [-0.05, 0) is 19.8 Å². The van der Waals surface area contributed by atoms with E-state index in [1.807, 2.05) is 6.92 Å². The summed E-state index contributed by atoms with van der Waals surface area (Å²) >= 11 is 0. The highest BCUT2D eigenvalue weighted by atomic mass is 16.6. The van der Waals surface area contributed by atoms with Crippen LogP contribution in [0.1, 0.15) is 26.7 Å². The molecule has 0 aliphatic rings. The van der Waals surface area contributed by atoms with Crippen LogP contribution in [-0.2, 0) is 9.53 Å². The molecule has 1 unspecified atom stereocenters. The standard InChI is InChI=1S/C8H17NO3/c1-3-12-8(11)5-4-6-9-7(2)10/h8,11H,3-6H2,1-2H3,(H,9,10). The number of amides is 1. The van der Waals surface area contributed by atoms with E-state index in [0.29, 0.717) is 19.6 Å². The summed E-state index contributed by atoms with van der Waals surface area (Å²) in [7, 11) is 0. The Balaban J connectivity index is 3.13. The van der Waals surface area contributed by atoms with Crippen LogP contribution in [0.2, 0.25) is 0 Å². The number of nitrogens with one attached hydrogen (secondary N) is 1. The van der Waals surface area contributed by atoms with Gasteiger partial charge in [0, 0.05) is 20.1 Å². The number of rotatable bonds is 6. The highest BCUT2D eigenvalue weighted by Gasteiger charge is 2.01. The first-order chi connectivity index (χ1) is 5.66. The molecule has 0 spiro atoms. The lowest BCUT2D eigenvalue weighted by Gasteiger charge is -2.09. The van der Waals surface area contributed by atoms with Gasteiger partial charge < -0.3 is 15.2 Å². The largest absolute Gasteiger partial charge is 0.368 e. The zero-order valence-electron chi connectivity index (χ0n) is 7.67. The van der Waals surface area contributed by atoms with Gasteiger partial charge in [0.05, 0.1) is 0 Å². The Hall–Kier alpha value is -0.610. The van der Waals surface area contributed by atoms with E-state index in [1.165, 1.54) is 6.92 Å². The van der Waals surface area contributed by atoms with E-state index in [-0.39, 0.29) is 5.91 Å². The minimum absolute atomic E-state index is 0.0408. The van der Waals surface area contributed by atoms with Crippen LogP contribution in [0.3, 0.4) is 0 Å². The van der Waals surface area contributed by atoms with Crippen molar-refractivity contribution in [2.45, 2.75) is 33.0 Å². The number of ether oxygens (including phenoxy) is 1. The second-order valence-electron chi connectivity index (χ2n) is 2.54. The minimum atomic E-state index is -0.691. The second-order valence-corrected chi connectivity index (χ2v) is 2.54. The Kier molecular flexibility index (Phi) is 6.70. The molecule has 2 N–H and O–H groups in total. The third kappa shape index (κ3) is 7.50. The highest BCUT2D eigenvalue weighted by molar-refractivity contribution is 5.72. The lowest BCUT2D eigenvalue weighted by atomic mass is 10.3. The smallest absolute Gasteiger partial charge is 0.216 e. The van der Waals surface area contributed by atoms with Crippen molar-refractivity contribution in [3.8, 4) is 0 Å². The number of carbonyl (C=O) groups excluding carboxylic acids is 1. The molecule has 0 bridgehead atoms. The minimum Gasteiger partial charge on any atom is -0.368 e. The summed E-state index contributed by atoms with van der Waals surface area (Å²) in [4.78, 5) is 10.4. The predicted octanol–water partition coefficient (Wildman–Crippen LogP) is 0.258. The molecule has 1 atom stereocenters. The summed E-state index contributed by atoms with van der Waals surface area (Å²) in [5.74, 6) is -0.0408. The van der Waals surface area contributed by atoms with Gasteiger partial charge in [0.25, 0.3) is 0 Å². The molecule has 0 fully saturated rings. The molecule has 0 aromatic carbocycles. The zero-order valence-corrected chi connectivity index (χ0v) is 7.67. The van der Waals surface area contributed by atoms with Crippen molar-refractivity contribution in [3.05, 3.63) is 0 Å². The monoisotopic (exact) mass is 175 g/mol. The first-order valence-corrected chi connectivity index (χ1v) is 4.21. The molecule has 0 saturated carbocycles. The van der Waals surface area contributed by atoms with E-state index >= 15 is 0 Å². The van der Waals surface area contributed by atoms with Crippen LogP contribution in [0.25, 0.3) is 0 Å². The van der Waals surface area contributed by atoms with Gasteiger partial charge in [0.1, 0.15) is 0 Å². The maximum absolute atomic E-state index is 10.4. The maximum atomic E-state index is 10.4. The molecule has 0 saturated heterocycles.